The molecule has 0 atom stereocenters. The van der Waals surface area contributed by atoms with Gasteiger partial charge in [-0.1, -0.05) is 245 Å². The van der Waals surface area contributed by atoms with Gasteiger partial charge in [0.2, 0.25) is 0 Å². The zero-order valence-corrected chi connectivity index (χ0v) is 36.7. The molecule has 0 aliphatic carbocycles. The van der Waals surface area contributed by atoms with Crippen LogP contribution in [-0.2, 0) is 25.3 Å². The summed E-state index contributed by atoms with van der Waals surface area (Å²) in [5.41, 5.74) is 0. The van der Waals surface area contributed by atoms with Crippen molar-refractivity contribution in [2.24, 2.45) is 0 Å². The Bertz CT molecular complexity index is 357. The first-order valence-electron chi connectivity index (χ1n) is 21.0. The number of hydrogen-bond donors (Lipinski definition) is 0. The molecule has 3 heteroatoms. The van der Waals surface area contributed by atoms with Crippen molar-refractivity contribution in [3.8, 4) is 0 Å². The summed E-state index contributed by atoms with van der Waals surface area (Å²) >= 11 is 10.2. The topological polar surface area (TPSA) is 0 Å². The van der Waals surface area contributed by atoms with Crippen LogP contribution in [0.4, 0.5) is 0 Å². The van der Waals surface area contributed by atoms with E-state index in [-0.39, 0.29) is 21.1 Å². The average molecular weight is 776 g/mol. The summed E-state index contributed by atoms with van der Waals surface area (Å²) < 4.78 is 0. The Balaban J connectivity index is -0.000000720. The van der Waals surface area contributed by atoms with Gasteiger partial charge >= 0.3 is 31.0 Å². The molecule has 0 aromatic rings. The molecule has 0 saturated carbocycles. The maximum absolute atomic E-state index is 4.96. The SMILES string of the molecule is CCCCCCCCCCCCCCCCCCCC[S-].CCCCCCCCCCCCCCCCCCCC[S-].[CH3][Sn+2][CH3]. The van der Waals surface area contributed by atoms with E-state index in [0.29, 0.717) is 0 Å². The second-order valence-electron chi connectivity index (χ2n) is 13.9. The van der Waals surface area contributed by atoms with Gasteiger partial charge in [0.25, 0.3) is 0 Å². The van der Waals surface area contributed by atoms with E-state index in [1.165, 1.54) is 231 Å². The van der Waals surface area contributed by atoms with E-state index < -0.39 is 0 Å². The minimum atomic E-state index is 0.230. The third-order valence-corrected chi connectivity index (χ3v) is 9.57. The Hall–Kier alpha value is 1.50. The van der Waals surface area contributed by atoms with Gasteiger partial charge in [0.05, 0.1) is 0 Å². The zero-order valence-electron chi connectivity index (χ0n) is 32.2. The zero-order chi connectivity index (χ0) is 33.6. The van der Waals surface area contributed by atoms with E-state index >= 15 is 0 Å². The molecule has 0 spiro atoms. The van der Waals surface area contributed by atoms with Crippen LogP contribution < -0.4 is 0 Å². The summed E-state index contributed by atoms with van der Waals surface area (Å²) in [5.74, 6) is 1.91. The summed E-state index contributed by atoms with van der Waals surface area (Å²) in [4.78, 5) is 4.59. The predicted molar refractivity (Wildman–Crippen MR) is 220 cm³/mol. The molecule has 0 nitrogen and oxygen atoms in total. The molecule has 0 aromatic heterocycles. The van der Waals surface area contributed by atoms with Crippen molar-refractivity contribution in [3.63, 3.8) is 0 Å². The van der Waals surface area contributed by atoms with Crippen LogP contribution in [0.1, 0.15) is 245 Å². The number of hydrogen-bond acceptors (Lipinski definition) is 2. The molecule has 0 aromatic carbocycles. The molecular weight excluding hydrogens is 687 g/mol. The van der Waals surface area contributed by atoms with Crippen LogP contribution in [-0.4, -0.2) is 32.6 Å². The molecular formula is C42H88S2Sn. The van der Waals surface area contributed by atoms with Gasteiger partial charge in [0.15, 0.2) is 0 Å². The van der Waals surface area contributed by atoms with Crippen molar-refractivity contribution in [3.05, 3.63) is 0 Å². The summed E-state index contributed by atoms with van der Waals surface area (Å²) in [7, 11) is 0. The van der Waals surface area contributed by atoms with Crippen molar-refractivity contribution in [1.29, 1.82) is 0 Å². The van der Waals surface area contributed by atoms with Gasteiger partial charge in [-0.25, -0.2) is 0 Å². The Morgan fingerprint density at radius 3 is 0.467 bits per heavy atom. The van der Waals surface area contributed by atoms with Crippen molar-refractivity contribution in [2.75, 3.05) is 11.5 Å². The average Bonchev–Trinajstić information content (AvgIpc) is 3.05. The summed E-state index contributed by atoms with van der Waals surface area (Å²) in [6, 6.07) is 0. The van der Waals surface area contributed by atoms with Crippen molar-refractivity contribution in [1.82, 2.24) is 0 Å². The minimum absolute atomic E-state index is 0.230. The fourth-order valence-electron chi connectivity index (χ4n) is 6.01. The monoisotopic (exact) mass is 777 g/mol. The van der Waals surface area contributed by atoms with Crippen LogP contribution in [0, 0.1) is 0 Å². The summed E-state index contributed by atoms with van der Waals surface area (Å²) in [5, 5.41) is 0. The van der Waals surface area contributed by atoms with Gasteiger partial charge in [-0.3, -0.25) is 0 Å². The normalized spacial score (nSPS) is 10.6. The Labute approximate surface area is 310 Å². The van der Waals surface area contributed by atoms with Crippen LogP contribution in [0.5, 0.6) is 0 Å². The molecule has 0 bridgehead atoms. The van der Waals surface area contributed by atoms with Crippen LogP contribution in [0.15, 0.2) is 0 Å². The van der Waals surface area contributed by atoms with Gasteiger partial charge in [-0.05, 0) is 0 Å². The molecule has 0 amide bonds. The van der Waals surface area contributed by atoms with Crippen molar-refractivity contribution >= 4 is 46.4 Å². The molecule has 0 rings (SSSR count). The van der Waals surface area contributed by atoms with Crippen LogP contribution in [0.25, 0.3) is 0 Å². The Morgan fingerprint density at radius 1 is 0.244 bits per heavy atom. The van der Waals surface area contributed by atoms with Gasteiger partial charge < -0.3 is 25.3 Å². The van der Waals surface area contributed by atoms with Gasteiger partial charge in [0, 0.05) is 0 Å². The molecule has 272 valence electrons. The first-order chi connectivity index (χ1) is 22.2. The molecule has 0 N–H and O–H groups in total. The van der Waals surface area contributed by atoms with E-state index in [9.17, 15) is 0 Å². The summed E-state index contributed by atoms with van der Waals surface area (Å²) in [6.07, 6.45) is 51.9. The molecule has 0 aliphatic rings. The molecule has 0 unspecified atom stereocenters. The molecule has 0 aliphatic heterocycles. The number of unbranched alkanes of at least 4 members (excludes halogenated alkanes) is 34. The molecule has 0 saturated heterocycles. The third kappa shape index (κ3) is 61.2. The molecule has 45 heavy (non-hydrogen) atoms. The molecule has 0 fully saturated rings. The second-order valence-corrected chi connectivity index (χ2v) is 17.6. The first-order valence-corrected chi connectivity index (χ1v) is 27.9. The van der Waals surface area contributed by atoms with E-state index in [1.54, 1.807) is 0 Å². The van der Waals surface area contributed by atoms with Crippen molar-refractivity contribution < 1.29 is 0 Å². The predicted octanol–water partition coefficient (Wildman–Crippen LogP) is 15.9. The second kappa shape index (κ2) is 54.9. The first kappa shape index (κ1) is 50.9. The van der Waals surface area contributed by atoms with Crippen LogP contribution in [0.2, 0.25) is 9.88 Å². The Kier molecular flexibility index (Phi) is 62.1. The van der Waals surface area contributed by atoms with Gasteiger partial charge in [-0.15, -0.1) is 0 Å². The van der Waals surface area contributed by atoms with Gasteiger partial charge in [-0.2, -0.15) is 11.5 Å². The van der Waals surface area contributed by atoms with Crippen LogP contribution in [0.3, 0.4) is 0 Å². The van der Waals surface area contributed by atoms with Crippen LogP contribution >= 0.6 is 0 Å². The molecule has 0 heterocycles. The number of rotatable bonds is 36. The fourth-order valence-corrected chi connectivity index (χ4v) is 6.42. The van der Waals surface area contributed by atoms with E-state index in [4.69, 9.17) is 25.3 Å². The summed E-state index contributed by atoms with van der Waals surface area (Å²) in [6.45, 7) is 4.59. The van der Waals surface area contributed by atoms with E-state index in [2.05, 4.69) is 23.7 Å². The standard InChI is InChI=1S/2C20H42S.2CH3.Sn/c2*1-2-3-4-5-6-7-8-9-10-11-12-13-14-15-16-17-18-19-20-21;;;/h2*21H,2-20H2,1H3;2*1H3;/q;;;;+2/p-2. The maximum atomic E-state index is 4.96. The van der Waals surface area contributed by atoms with E-state index in [1.807, 2.05) is 0 Å². The molecule has 0 radical (unpaired) electrons. The van der Waals surface area contributed by atoms with Gasteiger partial charge in [0.1, 0.15) is 0 Å². The fraction of sp³-hybridized carbons (Fsp3) is 1.00. The quantitative estimate of drug-likeness (QED) is 0.0353. The third-order valence-electron chi connectivity index (χ3n) is 9.00. The Morgan fingerprint density at radius 2 is 0.356 bits per heavy atom. The van der Waals surface area contributed by atoms with E-state index in [0.717, 1.165) is 11.5 Å². The van der Waals surface area contributed by atoms with Crippen molar-refractivity contribution in [2.45, 2.75) is 255 Å².